The maximum absolute atomic E-state index is 11.9. The molecule has 0 fully saturated rings. The van der Waals surface area contributed by atoms with Gasteiger partial charge in [-0.15, -0.1) is 0 Å². The second-order valence-corrected chi connectivity index (χ2v) is 5.35. The number of alkyl halides is 2. The van der Waals surface area contributed by atoms with E-state index in [1.807, 2.05) is 6.92 Å². The summed E-state index contributed by atoms with van der Waals surface area (Å²) >= 11 is 12.6. The molecular weight excluding hydrogens is 357 g/mol. The van der Waals surface area contributed by atoms with E-state index >= 15 is 0 Å². The van der Waals surface area contributed by atoms with E-state index in [0.29, 0.717) is 21.2 Å². The molecule has 0 bridgehead atoms. The molecule has 0 heterocycles. The first-order valence-electron chi connectivity index (χ1n) is 4.71. The monoisotopic (exact) mass is 367 g/mol. The summed E-state index contributed by atoms with van der Waals surface area (Å²) in [7, 11) is 0. The van der Waals surface area contributed by atoms with Gasteiger partial charge < -0.3 is 5.32 Å². The molecule has 0 aliphatic carbocycles. The number of benzene rings is 1. The third-order valence-corrected chi connectivity index (χ3v) is 4.80. The highest BCUT2D eigenvalue weighted by Gasteiger charge is 2.24. The average Bonchev–Trinajstić information content (AvgIpc) is 2.29. The van der Waals surface area contributed by atoms with Crippen LogP contribution in [0.2, 0.25) is 5.02 Å². The molecule has 0 aliphatic rings. The largest absolute Gasteiger partial charge is 0.345 e. The summed E-state index contributed by atoms with van der Waals surface area (Å²) in [6.45, 7) is 1.96. The fourth-order valence-corrected chi connectivity index (χ4v) is 2.48. The molecule has 0 spiro atoms. The van der Waals surface area contributed by atoms with Crippen LogP contribution in [0.3, 0.4) is 0 Å². The van der Waals surface area contributed by atoms with Crippen molar-refractivity contribution < 1.29 is 4.79 Å². The smallest absolute Gasteiger partial charge is 0.251 e. The number of amides is 1. The van der Waals surface area contributed by atoms with Crippen molar-refractivity contribution in [1.82, 2.24) is 5.32 Å². The zero-order chi connectivity index (χ0) is 12.2. The van der Waals surface area contributed by atoms with E-state index in [2.05, 4.69) is 37.2 Å². The maximum atomic E-state index is 11.9. The predicted molar refractivity (Wildman–Crippen MR) is 74.9 cm³/mol. The van der Waals surface area contributed by atoms with Crippen molar-refractivity contribution in [1.29, 1.82) is 0 Å². The lowest BCUT2D eigenvalue weighted by molar-refractivity contribution is 0.0923. The summed E-state index contributed by atoms with van der Waals surface area (Å²) in [4.78, 5) is 11.9. The molecule has 2 nitrogen and oxygen atoms in total. The van der Waals surface area contributed by atoms with Gasteiger partial charge in [-0.3, -0.25) is 4.79 Å². The first kappa shape index (κ1) is 14.0. The van der Waals surface area contributed by atoms with Gasteiger partial charge in [0.1, 0.15) is 0 Å². The minimum absolute atomic E-state index is 0.121. The molecule has 0 unspecified atom stereocenters. The van der Waals surface area contributed by atoms with Gasteiger partial charge in [-0.25, -0.2) is 0 Å². The van der Waals surface area contributed by atoms with Gasteiger partial charge in [-0.1, -0.05) is 49.5 Å². The molecule has 88 valence electrons. The van der Waals surface area contributed by atoms with Crippen molar-refractivity contribution in [3.05, 3.63) is 34.9 Å². The summed E-state index contributed by atoms with van der Waals surface area (Å²) in [6.07, 6.45) is 0. The minimum Gasteiger partial charge on any atom is -0.345 e. The summed E-state index contributed by atoms with van der Waals surface area (Å²) in [5.41, 5.74) is 0.264. The zero-order valence-corrected chi connectivity index (χ0v) is 12.7. The van der Waals surface area contributed by atoms with E-state index in [-0.39, 0.29) is 11.4 Å². The van der Waals surface area contributed by atoms with Crippen LogP contribution in [0.1, 0.15) is 17.3 Å². The van der Waals surface area contributed by atoms with Crippen LogP contribution in [0.5, 0.6) is 0 Å². The Morgan fingerprint density at radius 1 is 1.44 bits per heavy atom. The van der Waals surface area contributed by atoms with E-state index in [0.717, 1.165) is 0 Å². The molecule has 0 atom stereocenters. The molecule has 1 aromatic rings. The third kappa shape index (κ3) is 3.75. The van der Waals surface area contributed by atoms with Gasteiger partial charge in [-0.2, -0.15) is 0 Å². The van der Waals surface area contributed by atoms with Crippen LogP contribution in [0, 0.1) is 0 Å². The summed E-state index contributed by atoms with van der Waals surface area (Å²) in [5, 5.41) is 4.86. The molecule has 16 heavy (non-hydrogen) atoms. The van der Waals surface area contributed by atoms with Gasteiger partial charge in [0.25, 0.3) is 5.91 Å². The molecule has 0 saturated carbocycles. The van der Waals surface area contributed by atoms with E-state index < -0.39 is 0 Å². The maximum Gasteiger partial charge on any atom is 0.251 e. The summed E-state index contributed by atoms with van der Waals surface area (Å²) in [6, 6.07) is 6.90. The van der Waals surface area contributed by atoms with Crippen LogP contribution in [0.15, 0.2) is 24.3 Å². The number of halogens is 3. The summed E-state index contributed by atoms with van der Waals surface area (Å²) in [5.74, 6) is -0.121. The van der Waals surface area contributed by atoms with Crippen LogP contribution < -0.4 is 5.32 Å². The van der Waals surface area contributed by atoms with Gasteiger partial charge in [-0.05, 0) is 25.1 Å². The first-order valence-corrected chi connectivity index (χ1v) is 7.33. The third-order valence-electron chi connectivity index (χ3n) is 2.09. The van der Waals surface area contributed by atoms with Gasteiger partial charge in [0.15, 0.2) is 0 Å². The molecule has 0 saturated heterocycles. The SMILES string of the molecule is CC(CBr)(CBr)NC(=O)c1cccc(Cl)c1. The second-order valence-electron chi connectivity index (χ2n) is 3.79. The molecule has 1 aromatic carbocycles. The lowest BCUT2D eigenvalue weighted by atomic mass is 10.1. The molecule has 5 heteroatoms. The molecule has 1 amide bonds. The van der Waals surface area contributed by atoms with Crippen LogP contribution >= 0.6 is 43.5 Å². The van der Waals surface area contributed by atoms with Gasteiger partial charge >= 0.3 is 0 Å². The quantitative estimate of drug-likeness (QED) is 0.807. The molecule has 1 rings (SSSR count). The van der Waals surface area contributed by atoms with Gasteiger partial charge in [0.05, 0.1) is 5.54 Å². The standard InChI is InChI=1S/C11H12Br2ClNO/c1-11(6-12,7-13)15-10(16)8-3-2-4-9(14)5-8/h2-5H,6-7H2,1H3,(H,15,16). The zero-order valence-electron chi connectivity index (χ0n) is 8.77. The van der Waals surface area contributed by atoms with E-state index in [1.165, 1.54) is 0 Å². The van der Waals surface area contributed by atoms with Gasteiger partial charge in [0, 0.05) is 21.2 Å². The molecule has 0 aliphatic heterocycles. The van der Waals surface area contributed by atoms with Crippen LogP contribution in [-0.4, -0.2) is 22.1 Å². The molecule has 0 radical (unpaired) electrons. The fourth-order valence-electron chi connectivity index (χ4n) is 1.08. The summed E-state index contributed by atoms with van der Waals surface area (Å²) < 4.78 is 0. The van der Waals surface area contributed by atoms with Crippen molar-refractivity contribution in [3.63, 3.8) is 0 Å². The first-order chi connectivity index (χ1) is 7.50. The average molecular weight is 369 g/mol. The Hall–Kier alpha value is -0.0600. The minimum atomic E-state index is -0.306. The Bertz CT molecular complexity index is 380. The van der Waals surface area contributed by atoms with Crippen molar-refractivity contribution >= 4 is 49.4 Å². The molecule has 1 N–H and O–H groups in total. The topological polar surface area (TPSA) is 29.1 Å². The van der Waals surface area contributed by atoms with Crippen molar-refractivity contribution in [2.24, 2.45) is 0 Å². The number of rotatable bonds is 4. The van der Waals surface area contributed by atoms with Crippen LogP contribution in [0.4, 0.5) is 0 Å². The van der Waals surface area contributed by atoms with E-state index in [4.69, 9.17) is 11.6 Å². The number of hydrogen-bond acceptors (Lipinski definition) is 1. The number of carbonyl (C=O) groups is 1. The highest BCUT2D eigenvalue weighted by atomic mass is 79.9. The highest BCUT2D eigenvalue weighted by Crippen LogP contribution is 2.15. The normalized spacial score (nSPS) is 11.2. The van der Waals surface area contributed by atoms with E-state index in [1.54, 1.807) is 24.3 Å². The fraction of sp³-hybridized carbons (Fsp3) is 0.364. The number of hydrogen-bond donors (Lipinski definition) is 1. The Labute approximate surface area is 117 Å². The van der Waals surface area contributed by atoms with Crippen molar-refractivity contribution in [2.75, 3.05) is 10.7 Å². The van der Waals surface area contributed by atoms with E-state index in [9.17, 15) is 4.79 Å². The number of nitrogens with one attached hydrogen (secondary N) is 1. The molecular formula is C11H12Br2ClNO. The number of carbonyl (C=O) groups excluding carboxylic acids is 1. The Morgan fingerprint density at radius 3 is 2.56 bits per heavy atom. The Morgan fingerprint density at radius 2 is 2.06 bits per heavy atom. The van der Waals surface area contributed by atoms with Crippen molar-refractivity contribution in [3.8, 4) is 0 Å². The van der Waals surface area contributed by atoms with Gasteiger partial charge in [0.2, 0.25) is 0 Å². The lowest BCUT2D eigenvalue weighted by Gasteiger charge is -2.26. The van der Waals surface area contributed by atoms with Crippen LogP contribution in [0.25, 0.3) is 0 Å². The molecule has 0 aromatic heterocycles. The second kappa shape index (κ2) is 6.03. The van der Waals surface area contributed by atoms with Crippen molar-refractivity contribution in [2.45, 2.75) is 12.5 Å². The predicted octanol–water partition coefficient (Wildman–Crippen LogP) is 3.62. The highest BCUT2D eigenvalue weighted by molar-refractivity contribution is 9.09. The van der Waals surface area contributed by atoms with Crippen LogP contribution in [-0.2, 0) is 0 Å². The Kier molecular flexibility index (Phi) is 5.28. The Balaban J connectivity index is 2.80. The lowest BCUT2D eigenvalue weighted by Crippen LogP contribution is -2.48.